The molecule has 2 atom stereocenters. The quantitative estimate of drug-likeness (QED) is 0.876. The molecular weight excluding hydrogens is 290 g/mol. The molecule has 2 heterocycles. The molecule has 0 spiro atoms. The van der Waals surface area contributed by atoms with Gasteiger partial charge in [-0.1, -0.05) is 27.7 Å². The molecule has 0 bridgehead atoms. The van der Waals surface area contributed by atoms with Crippen molar-refractivity contribution in [2.45, 2.75) is 60.1 Å². The Hall–Kier alpha value is -1.36. The number of aromatic nitrogens is 2. The van der Waals surface area contributed by atoms with E-state index in [1.807, 2.05) is 11.6 Å². The SMILES string of the molecule is Cc1c(C(=O)NC[C@@H]2CCCO[C@@H]2C(C)C)cnn1CC(C)C. The van der Waals surface area contributed by atoms with Crippen LogP contribution in [0, 0.1) is 24.7 Å². The number of amides is 1. The summed E-state index contributed by atoms with van der Waals surface area (Å²) in [4.78, 5) is 12.5. The number of carbonyl (C=O) groups is 1. The van der Waals surface area contributed by atoms with Gasteiger partial charge in [-0.25, -0.2) is 0 Å². The molecule has 1 N–H and O–H groups in total. The van der Waals surface area contributed by atoms with Crippen molar-refractivity contribution >= 4 is 5.91 Å². The summed E-state index contributed by atoms with van der Waals surface area (Å²) in [5.74, 6) is 1.37. The van der Waals surface area contributed by atoms with Crippen LogP contribution in [0.1, 0.15) is 56.6 Å². The van der Waals surface area contributed by atoms with E-state index in [1.54, 1.807) is 6.20 Å². The summed E-state index contributed by atoms with van der Waals surface area (Å²) < 4.78 is 7.81. The minimum atomic E-state index is -0.0226. The van der Waals surface area contributed by atoms with Gasteiger partial charge < -0.3 is 10.1 Å². The van der Waals surface area contributed by atoms with Crippen LogP contribution in [0.4, 0.5) is 0 Å². The molecule has 130 valence electrons. The molecule has 0 aromatic carbocycles. The van der Waals surface area contributed by atoms with Crippen LogP contribution >= 0.6 is 0 Å². The Morgan fingerprint density at radius 1 is 1.43 bits per heavy atom. The highest BCUT2D eigenvalue weighted by atomic mass is 16.5. The fourth-order valence-corrected chi connectivity index (χ4v) is 3.34. The van der Waals surface area contributed by atoms with Gasteiger partial charge in [-0.3, -0.25) is 9.48 Å². The first-order valence-electron chi connectivity index (χ1n) is 8.82. The van der Waals surface area contributed by atoms with Gasteiger partial charge >= 0.3 is 0 Å². The summed E-state index contributed by atoms with van der Waals surface area (Å²) in [5.41, 5.74) is 1.62. The Bertz CT molecular complexity index is 522. The summed E-state index contributed by atoms with van der Waals surface area (Å²) in [6, 6.07) is 0. The molecule has 1 aliphatic heterocycles. The van der Waals surface area contributed by atoms with Crippen LogP contribution in [0.5, 0.6) is 0 Å². The number of rotatable bonds is 6. The van der Waals surface area contributed by atoms with Crippen molar-refractivity contribution < 1.29 is 9.53 Å². The van der Waals surface area contributed by atoms with Gasteiger partial charge in [0, 0.05) is 31.3 Å². The predicted octanol–water partition coefficient (Wildman–Crippen LogP) is 3.03. The number of nitrogens with one attached hydrogen (secondary N) is 1. The smallest absolute Gasteiger partial charge is 0.254 e. The number of hydrogen-bond donors (Lipinski definition) is 1. The summed E-state index contributed by atoms with van der Waals surface area (Å²) in [6.45, 7) is 13.0. The molecule has 5 nitrogen and oxygen atoms in total. The molecule has 5 heteroatoms. The van der Waals surface area contributed by atoms with Crippen LogP contribution in [-0.4, -0.2) is 34.9 Å². The second-order valence-corrected chi connectivity index (χ2v) is 7.41. The largest absolute Gasteiger partial charge is 0.378 e. The van der Waals surface area contributed by atoms with Crippen LogP contribution < -0.4 is 5.32 Å². The minimum absolute atomic E-state index is 0.0226. The first-order valence-corrected chi connectivity index (χ1v) is 8.82. The zero-order valence-electron chi connectivity index (χ0n) is 15.1. The van der Waals surface area contributed by atoms with Crippen molar-refractivity contribution in [1.82, 2.24) is 15.1 Å². The Labute approximate surface area is 139 Å². The van der Waals surface area contributed by atoms with Crippen LogP contribution in [0.15, 0.2) is 6.20 Å². The Morgan fingerprint density at radius 3 is 2.83 bits per heavy atom. The fourth-order valence-electron chi connectivity index (χ4n) is 3.34. The Kier molecular flexibility index (Phi) is 6.22. The van der Waals surface area contributed by atoms with Crippen LogP contribution in [0.25, 0.3) is 0 Å². The standard InChI is InChI=1S/C18H31N3O2/c1-12(2)11-21-14(5)16(10-20-21)18(22)19-9-15-7-6-8-23-17(15)13(3)4/h10,12-13,15,17H,6-9,11H2,1-5H3,(H,19,22)/t15-,17+/m0/s1. The number of carbonyl (C=O) groups excluding carboxylic acids is 1. The molecule has 23 heavy (non-hydrogen) atoms. The summed E-state index contributed by atoms with van der Waals surface area (Å²) in [5, 5.41) is 7.43. The summed E-state index contributed by atoms with van der Waals surface area (Å²) >= 11 is 0. The van der Waals surface area contributed by atoms with Crippen molar-refractivity contribution in [2.24, 2.45) is 17.8 Å². The van der Waals surface area contributed by atoms with Gasteiger partial charge in [0.05, 0.1) is 17.9 Å². The fraction of sp³-hybridized carbons (Fsp3) is 0.778. The van der Waals surface area contributed by atoms with Crippen molar-refractivity contribution in [3.8, 4) is 0 Å². The predicted molar refractivity (Wildman–Crippen MR) is 91.4 cm³/mol. The van der Waals surface area contributed by atoms with Crippen molar-refractivity contribution in [2.75, 3.05) is 13.2 Å². The number of ether oxygens (including phenoxy) is 1. The number of nitrogens with zero attached hydrogens (tertiary/aromatic N) is 2. The maximum Gasteiger partial charge on any atom is 0.254 e. The van der Waals surface area contributed by atoms with Crippen LogP contribution in [0.3, 0.4) is 0 Å². The maximum atomic E-state index is 12.5. The van der Waals surface area contributed by atoms with Gasteiger partial charge in [-0.15, -0.1) is 0 Å². The highest BCUT2D eigenvalue weighted by Crippen LogP contribution is 2.25. The second kappa shape index (κ2) is 7.95. The molecule has 1 aliphatic rings. The lowest BCUT2D eigenvalue weighted by Gasteiger charge is -2.34. The van der Waals surface area contributed by atoms with E-state index in [1.165, 1.54) is 0 Å². The molecule has 1 aromatic heterocycles. The van der Waals surface area contributed by atoms with Crippen LogP contribution in [-0.2, 0) is 11.3 Å². The van der Waals surface area contributed by atoms with Crippen molar-refractivity contribution in [3.05, 3.63) is 17.5 Å². The van der Waals surface area contributed by atoms with Gasteiger partial charge in [-0.05, 0) is 31.6 Å². The summed E-state index contributed by atoms with van der Waals surface area (Å²) in [6.07, 6.45) is 4.13. The normalized spacial score (nSPS) is 21.9. The maximum absolute atomic E-state index is 12.5. The van der Waals surface area contributed by atoms with Gasteiger partial charge in [0.2, 0.25) is 0 Å². The lowest BCUT2D eigenvalue weighted by Crippen LogP contribution is -2.41. The average molecular weight is 321 g/mol. The number of hydrogen-bond acceptors (Lipinski definition) is 3. The first-order chi connectivity index (χ1) is 10.9. The summed E-state index contributed by atoms with van der Waals surface area (Å²) in [7, 11) is 0. The van der Waals surface area contributed by atoms with E-state index in [0.29, 0.717) is 29.9 Å². The molecule has 0 saturated carbocycles. The van der Waals surface area contributed by atoms with Gasteiger partial charge in [0.25, 0.3) is 5.91 Å². The topological polar surface area (TPSA) is 56.1 Å². The van der Waals surface area contributed by atoms with Gasteiger partial charge in [0.1, 0.15) is 0 Å². The molecule has 0 unspecified atom stereocenters. The third kappa shape index (κ3) is 4.56. The lowest BCUT2D eigenvalue weighted by molar-refractivity contribution is -0.0510. The third-order valence-electron chi connectivity index (χ3n) is 4.56. The molecule has 0 aliphatic carbocycles. The van der Waals surface area contributed by atoms with E-state index in [-0.39, 0.29) is 12.0 Å². The van der Waals surface area contributed by atoms with E-state index in [4.69, 9.17) is 4.74 Å². The average Bonchev–Trinajstić information content (AvgIpc) is 2.85. The monoisotopic (exact) mass is 321 g/mol. The third-order valence-corrected chi connectivity index (χ3v) is 4.56. The second-order valence-electron chi connectivity index (χ2n) is 7.41. The molecule has 2 rings (SSSR count). The molecule has 1 amide bonds. The minimum Gasteiger partial charge on any atom is -0.378 e. The zero-order valence-corrected chi connectivity index (χ0v) is 15.1. The van der Waals surface area contributed by atoms with Gasteiger partial charge in [0.15, 0.2) is 0 Å². The lowest BCUT2D eigenvalue weighted by atomic mass is 9.87. The van der Waals surface area contributed by atoms with E-state index in [2.05, 4.69) is 38.1 Å². The molecule has 1 saturated heterocycles. The molecule has 1 fully saturated rings. The van der Waals surface area contributed by atoms with E-state index >= 15 is 0 Å². The van der Waals surface area contributed by atoms with Crippen molar-refractivity contribution in [1.29, 1.82) is 0 Å². The van der Waals surface area contributed by atoms with Crippen molar-refractivity contribution in [3.63, 3.8) is 0 Å². The van der Waals surface area contributed by atoms with Crippen LogP contribution in [0.2, 0.25) is 0 Å². The zero-order chi connectivity index (χ0) is 17.0. The Morgan fingerprint density at radius 2 is 2.17 bits per heavy atom. The molecule has 1 aromatic rings. The molecule has 0 radical (unpaired) electrons. The van der Waals surface area contributed by atoms with E-state index in [0.717, 1.165) is 31.7 Å². The molecular formula is C18H31N3O2. The highest BCUT2D eigenvalue weighted by Gasteiger charge is 2.29. The van der Waals surface area contributed by atoms with E-state index < -0.39 is 0 Å². The van der Waals surface area contributed by atoms with Gasteiger partial charge in [-0.2, -0.15) is 5.10 Å². The van der Waals surface area contributed by atoms with E-state index in [9.17, 15) is 4.79 Å². The highest BCUT2D eigenvalue weighted by molar-refractivity contribution is 5.95. The first kappa shape index (κ1) is 18.0. The Balaban J connectivity index is 1.95.